The standard InChI is InChI=1S/C23H20N2O4S/c1-13(14-7-8-18-19(11-14)29-10-9-28-18)24-22(26)20-12-16-21(30-20)15-5-3-4-6-17(15)25(2)23(16)27/h3-8,11-13H,9-10H2,1-2H3,(H,24,26)/t13-/m1/s1. The predicted octanol–water partition coefficient (Wildman–Crippen LogP) is 4.02. The van der Waals surface area contributed by atoms with Crippen molar-refractivity contribution in [3.63, 3.8) is 0 Å². The first-order chi connectivity index (χ1) is 14.5. The maximum Gasteiger partial charge on any atom is 0.261 e. The number of fused-ring (bicyclic) bond motifs is 4. The number of para-hydroxylation sites is 1. The molecule has 30 heavy (non-hydrogen) atoms. The maximum atomic E-state index is 13.0. The molecule has 7 heteroatoms. The number of aromatic nitrogens is 1. The van der Waals surface area contributed by atoms with Crippen molar-refractivity contribution < 1.29 is 14.3 Å². The average Bonchev–Trinajstić information content (AvgIpc) is 3.23. The number of ether oxygens (including phenoxy) is 2. The third kappa shape index (κ3) is 3.02. The number of hydrogen-bond donors (Lipinski definition) is 1. The van der Waals surface area contributed by atoms with E-state index in [0.717, 1.165) is 26.9 Å². The first kappa shape index (κ1) is 18.7. The number of hydrogen-bond acceptors (Lipinski definition) is 5. The minimum Gasteiger partial charge on any atom is -0.486 e. The molecule has 0 saturated carbocycles. The van der Waals surface area contributed by atoms with Gasteiger partial charge in [0.05, 0.1) is 21.8 Å². The lowest BCUT2D eigenvalue weighted by atomic mass is 10.1. The van der Waals surface area contributed by atoms with E-state index >= 15 is 0 Å². The van der Waals surface area contributed by atoms with Crippen LogP contribution in [0.15, 0.2) is 53.3 Å². The van der Waals surface area contributed by atoms with Gasteiger partial charge in [-0.05, 0) is 36.8 Å². The highest BCUT2D eigenvalue weighted by atomic mass is 32.1. The van der Waals surface area contributed by atoms with Gasteiger partial charge in [0.25, 0.3) is 11.5 Å². The smallest absolute Gasteiger partial charge is 0.261 e. The van der Waals surface area contributed by atoms with E-state index in [0.29, 0.717) is 29.2 Å². The molecule has 1 N–H and O–H groups in total. The van der Waals surface area contributed by atoms with Crippen LogP contribution in [0, 0.1) is 0 Å². The SMILES string of the molecule is C[C@@H](NC(=O)c1cc2c(=O)n(C)c3ccccc3c2s1)c1ccc2c(c1)OCCO2. The number of carbonyl (C=O) groups is 1. The summed E-state index contributed by atoms with van der Waals surface area (Å²) >= 11 is 1.35. The van der Waals surface area contributed by atoms with Gasteiger partial charge in [-0.2, -0.15) is 0 Å². The highest BCUT2D eigenvalue weighted by molar-refractivity contribution is 7.21. The number of pyridine rings is 1. The quantitative estimate of drug-likeness (QED) is 0.544. The molecule has 6 nitrogen and oxygen atoms in total. The van der Waals surface area contributed by atoms with Crippen molar-refractivity contribution in [2.24, 2.45) is 7.05 Å². The summed E-state index contributed by atoms with van der Waals surface area (Å²) in [6.45, 7) is 2.98. The van der Waals surface area contributed by atoms with Crippen LogP contribution < -0.4 is 20.3 Å². The van der Waals surface area contributed by atoms with Crippen LogP contribution in [0.25, 0.3) is 21.0 Å². The first-order valence-electron chi connectivity index (χ1n) is 9.74. The number of nitrogens with zero attached hydrogens (tertiary/aromatic N) is 1. The summed E-state index contributed by atoms with van der Waals surface area (Å²) in [4.78, 5) is 26.2. The van der Waals surface area contributed by atoms with E-state index in [1.807, 2.05) is 49.4 Å². The van der Waals surface area contributed by atoms with Crippen LogP contribution in [0.3, 0.4) is 0 Å². The molecule has 0 saturated heterocycles. The second kappa shape index (κ2) is 7.18. The van der Waals surface area contributed by atoms with E-state index in [1.165, 1.54) is 11.3 Å². The number of aryl methyl sites for hydroxylation is 1. The van der Waals surface area contributed by atoms with Gasteiger partial charge in [0, 0.05) is 17.1 Å². The van der Waals surface area contributed by atoms with E-state index in [4.69, 9.17) is 9.47 Å². The van der Waals surface area contributed by atoms with Crippen molar-refractivity contribution >= 4 is 38.2 Å². The molecule has 3 heterocycles. The minimum absolute atomic E-state index is 0.0983. The third-order valence-corrected chi connectivity index (χ3v) is 6.58. The Kier molecular flexibility index (Phi) is 4.47. The lowest BCUT2D eigenvalue weighted by molar-refractivity contribution is 0.0944. The summed E-state index contributed by atoms with van der Waals surface area (Å²) in [5.41, 5.74) is 1.68. The lowest BCUT2D eigenvalue weighted by Crippen LogP contribution is -2.26. The van der Waals surface area contributed by atoms with Crippen LogP contribution in [-0.4, -0.2) is 23.7 Å². The minimum atomic E-state index is -0.224. The normalized spacial score (nSPS) is 14.1. The van der Waals surface area contributed by atoms with Gasteiger partial charge in [-0.15, -0.1) is 11.3 Å². The number of rotatable bonds is 3. The predicted molar refractivity (Wildman–Crippen MR) is 118 cm³/mol. The maximum absolute atomic E-state index is 13.0. The summed E-state index contributed by atoms with van der Waals surface area (Å²) in [6, 6.07) is 14.9. The van der Waals surface area contributed by atoms with Crippen molar-refractivity contribution in [1.82, 2.24) is 9.88 Å². The molecule has 0 spiro atoms. The van der Waals surface area contributed by atoms with E-state index in [9.17, 15) is 9.59 Å². The van der Waals surface area contributed by atoms with Crippen LogP contribution in [0.2, 0.25) is 0 Å². The second-order valence-electron chi connectivity index (χ2n) is 7.33. The van der Waals surface area contributed by atoms with Crippen molar-refractivity contribution in [3.05, 3.63) is 69.3 Å². The lowest BCUT2D eigenvalue weighted by Gasteiger charge is -2.21. The number of thiophene rings is 1. The fraction of sp³-hybridized carbons (Fsp3) is 0.217. The third-order valence-electron chi connectivity index (χ3n) is 5.41. The zero-order valence-electron chi connectivity index (χ0n) is 16.6. The van der Waals surface area contributed by atoms with Crippen molar-refractivity contribution in [2.75, 3.05) is 13.2 Å². The van der Waals surface area contributed by atoms with Crippen LogP contribution in [0.4, 0.5) is 0 Å². The van der Waals surface area contributed by atoms with E-state index < -0.39 is 0 Å². The van der Waals surface area contributed by atoms with E-state index in [1.54, 1.807) is 17.7 Å². The van der Waals surface area contributed by atoms with Crippen LogP contribution in [-0.2, 0) is 7.05 Å². The molecule has 1 amide bonds. The number of carbonyl (C=O) groups excluding carboxylic acids is 1. The van der Waals surface area contributed by atoms with Gasteiger partial charge in [-0.3, -0.25) is 9.59 Å². The number of amides is 1. The summed E-state index contributed by atoms with van der Waals surface area (Å²) in [7, 11) is 1.76. The van der Waals surface area contributed by atoms with Crippen molar-refractivity contribution in [3.8, 4) is 11.5 Å². The molecule has 1 aliphatic heterocycles. The summed E-state index contributed by atoms with van der Waals surface area (Å²) in [6.07, 6.45) is 0. The Morgan fingerprint density at radius 2 is 1.83 bits per heavy atom. The fourth-order valence-corrected chi connectivity index (χ4v) is 4.88. The zero-order valence-corrected chi connectivity index (χ0v) is 17.4. The van der Waals surface area contributed by atoms with Crippen molar-refractivity contribution in [1.29, 1.82) is 0 Å². The monoisotopic (exact) mass is 420 g/mol. The molecular weight excluding hydrogens is 400 g/mol. The van der Waals surface area contributed by atoms with Gasteiger partial charge in [-0.25, -0.2) is 0 Å². The van der Waals surface area contributed by atoms with Gasteiger partial charge in [-0.1, -0.05) is 24.3 Å². The van der Waals surface area contributed by atoms with Crippen molar-refractivity contribution in [2.45, 2.75) is 13.0 Å². The molecule has 1 aliphatic rings. The Morgan fingerprint density at radius 1 is 1.07 bits per heavy atom. The highest BCUT2D eigenvalue weighted by Crippen LogP contribution is 2.33. The Balaban J connectivity index is 1.47. The largest absolute Gasteiger partial charge is 0.486 e. The Bertz CT molecular complexity index is 1350. The summed E-state index contributed by atoms with van der Waals surface area (Å²) in [5, 5.41) is 4.57. The average molecular weight is 420 g/mol. The van der Waals surface area contributed by atoms with Crippen LogP contribution in [0.1, 0.15) is 28.2 Å². The van der Waals surface area contributed by atoms with Crippen LogP contribution in [0.5, 0.6) is 11.5 Å². The highest BCUT2D eigenvalue weighted by Gasteiger charge is 2.19. The molecule has 0 radical (unpaired) electrons. The van der Waals surface area contributed by atoms with Gasteiger partial charge in [0.15, 0.2) is 11.5 Å². The van der Waals surface area contributed by atoms with Gasteiger partial charge >= 0.3 is 0 Å². The summed E-state index contributed by atoms with van der Waals surface area (Å²) in [5.74, 6) is 1.21. The Labute approximate surface area is 176 Å². The first-order valence-corrected chi connectivity index (χ1v) is 10.6. The molecule has 4 aromatic rings. The molecule has 0 unspecified atom stereocenters. The molecule has 152 valence electrons. The van der Waals surface area contributed by atoms with E-state index in [2.05, 4.69) is 5.32 Å². The fourth-order valence-electron chi connectivity index (χ4n) is 3.79. The Morgan fingerprint density at radius 3 is 2.67 bits per heavy atom. The molecule has 2 aromatic carbocycles. The topological polar surface area (TPSA) is 69.6 Å². The zero-order chi connectivity index (χ0) is 20.8. The molecule has 5 rings (SSSR count). The summed E-state index contributed by atoms with van der Waals surface area (Å²) < 4.78 is 13.7. The molecule has 0 aliphatic carbocycles. The van der Waals surface area contributed by atoms with Gasteiger partial charge in [0.1, 0.15) is 13.2 Å². The molecule has 0 bridgehead atoms. The number of nitrogens with one attached hydrogen (secondary N) is 1. The molecule has 1 atom stereocenters. The van der Waals surface area contributed by atoms with E-state index in [-0.39, 0.29) is 17.5 Å². The van der Waals surface area contributed by atoms with Gasteiger partial charge in [0.2, 0.25) is 0 Å². The number of benzene rings is 2. The molecular formula is C23H20N2O4S. The van der Waals surface area contributed by atoms with Gasteiger partial charge < -0.3 is 19.4 Å². The Hall–Kier alpha value is -3.32. The molecule has 2 aromatic heterocycles. The molecule has 0 fully saturated rings. The van der Waals surface area contributed by atoms with Crippen LogP contribution >= 0.6 is 11.3 Å². The second-order valence-corrected chi connectivity index (χ2v) is 8.39.